The lowest BCUT2D eigenvalue weighted by Crippen LogP contribution is -2.45. The fraction of sp³-hybridized carbons (Fsp3) is 0.833. The zero-order chi connectivity index (χ0) is 17.0. The summed E-state index contributed by atoms with van der Waals surface area (Å²) in [5.41, 5.74) is -0.669. The molecule has 2 amide bonds. The number of rotatable bonds is 4. The van der Waals surface area contributed by atoms with E-state index in [1.165, 1.54) is 0 Å². The lowest BCUT2D eigenvalue weighted by Gasteiger charge is -2.29. The summed E-state index contributed by atoms with van der Waals surface area (Å²) in [6.07, 6.45) is 6.89. The predicted molar refractivity (Wildman–Crippen MR) is 92.3 cm³/mol. The van der Waals surface area contributed by atoms with Gasteiger partial charge in [0.25, 0.3) is 5.91 Å². The molecule has 1 unspecified atom stereocenters. The van der Waals surface area contributed by atoms with Gasteiger partial charge in [-0.1, -0.05) is 33.6 Å². The summed E-state index contributed by atoms with van der Waals surface area (Å²) >= 11 is 0. The Morgan fingerprint density at radius 3 is 2.61 bits per heavy atom. The number of amidine groups is 1. The van der Waals surface area contributed by atoms with Crippen molar-refractivity contribution in [3.05, 3.63) is 0 Å². The maximum absolute atomic E-state index is 12.6. The molecule has 0 radical (unpaired) electrons. The molecule has 23 heavy (non-hydrogen) atoms. The SMILES string of the molecule is CC.CCCCC1=NC2(CCN(C(=O)C3CCC3)C2)C(=O)N1C. The quantitative estimate of drug-likeness (QED) is 0.799. The molecule has 2 aliphatic heterocycles. The molecule has 5 nitrogen and oxygen atoms in total. The van der Waals surface area contributed by atoms with Crippen molar-refractivity contribution in [2.45, 2.75) is 71.3 Å². The second-order valence-electron chi connectivity index (χ2n) is 6.66. The average molecular weight is 321 g/mol. The summed E-state index contributed by atoms with van der Waals surface area (Å²) in [5.74, 6) is 1.43. The summed E-state index contributed by atoms with van der Waals surface area (Å²) in [4.78, 5) is 33.3. The Morgan fingerprint density at radius 1 is 1.35 bits per heavy atom. The van der Waals surface area contributed by atoms with Crippen molar-refractivity contribution in [1.29, 1.82) is 0 Å². The molecular formula is C18H31N3O2. The van der Waals surface area contributed by atoms with Crippen LogP contribution in [0, 0.1) is 5.92 Å². The Bertz CT molecular complexity index is 485. The van der Waals surface area contributed by atoms with Crippen molar-refractivity contribution < 1.29 is 9.59 Å². The van der Waals surface area contributed by atoms with E-state index in [1.54, 1.807) is 4.90 Å². The first kappa shape index (κ1) is 18.0. The van der Waals surface area contributed by atoms with Crippen LogP contribution in [0.4, 0.5) is 0 Å². The van der Waals surface area contributed by atoms with Gasteiger partial charge in [0, 0.05) is 32.4 Å². The molecule has 1 atom stereocenters. The number of hydrogen-bond acceptors (Lipinski definition) is 3. The van der Waals surface area contributed by atoms with Gasteiger partial charge >= 0.3 is 0 Å². The number of carbonyl (C=O) groups is 2. The molecule has 2 heterocycles. The van der Waals surface area contributed by atoms with Crippen LogP contribution in [-0.2, 0) is 9.59 Å². The molecule has 1 aliphatic carbocycles. The Labute approximate surface area is 140 Å². The highest BCUT2D eigenvalue weighted by Gasteiger charge is 2.52. The number of carbonyl (C=O) groups excluding carboxylic acids is 2. The number of likely N-dealkylation sites (tertiary alicyclic amines) is 1. The lowest BCUT2D eigenvalue weighted by molar-refractivity contribution is -0.137. The lowest BCUT2D eigenvalue weighted by atomic mass is 9.84. The molecule has 0 N–H and O–H groups in total. The monoisotopic (exact) mass is 321 g/mol. The largest absolute Gasteiger partial charge is 0.339 e. The second kappa shape index (κ2) is 7.45. The van der Waals surface area contributed by atoms with Gasteiger partial charge in [-0.3, -0.25) is 14.6 Å². The Balaban J connectivity index is 0.000000924. The van der Waals surface area contributed by atoms with Crippen molar-refractivity contribution >= 4 is 17.6 Å². The minimum absolute atomic E-state index is 0.0810. The van der Waals surface area contributed by atoms with Gasteiger partial charge in [-0.05, 0) is 19.3 Å². The minimum atomic E-state index is -0.669. The van der Waals surface area contributed by atoms with E-state index in [0.29, 0.717) is 19.5 Å². The van der Waals surface area contributed by atoms with Crippen LogP contribution >= 0.6 is 0 Å². The Kier molecular flexibility index (Phi) is 5.82. The van der Waals surface area contributed by atoms with Gasteiger partial charge in [0.2, 0.25) is 5.91 Å². The normalized spacial score (nSPS) is 27.0. The zero-order valence-electron chi connectivity index (χ0n) is 15.1. The Hall–Kier alpha value is -1.39. The smallest absolute Gasteiger partial charge is 0.257 e. The molecule has 0 aromatic rings. The van der Waals surface area contributed by atoms with Gasteiger partial charge in [0.1, 0.15) is 5.84 Å². The van der Waals surface area contributed by atoms with E-state index < -0.39 is 5.54 Å². The van der Waals surface area contributed by atoms with Gasteiger partial charge in [-0.15, -0.1) is 0 Å². The van der Waals surface area contributed by atoms with E-state index in [9.17, 15) is 9.59 Å². The number of likely N-dealkylation sites (N-methyl/N-ethyl adjacent to an activating group) is 1. The first-order chi connectivity index (χ1) is 11.1. The second-order valence-corrected chi connectivity index (χ2v) is 6.66. The van der Waals surface area contributed by atoms with E-state index in [1.807, 2.05) is 25.8 Å². The summed E-state index contributed by atoms with van der Waals surface area (Å²) < 4.78 is 0. The number of hydrogen-bond donors (Lipinski definition) is 0. The summed E-state index contributed by atoms with van der Waals surface area (Å²) in [5, 5.41) is 0. The van der Waals surface area contributed by atoms with Gasteiger partial charge in [0.05, 0.1) is 6.54 Å². The minimum Gasteiger partial charge on any atom is -0.339 e. The molecule has 130 valence electrons. The van der Waals surface area contributed by atoms with Crippen LogP contribution in [0.15, 0.2) is 4.99 Å². The fourth-order valence-corrected chi connectivity index (χ4v) is 3.52. The van der Waals surface area contributed by atoms with Crippen molar-refractivity contribution in [3.63, 3.8) is 0 Å². The highest BCUT2D eigenvalue weighted by molar-refractivity contribution is 6.08. The van der Waals surface area contributed by atoms with Crippen molar-refractivity contribution in [1.82, 2.24) is 9.80 Å². The van der Waals surface area contributed by atoms with Gasteiger partial charge in [-0.2, -0.15) is 0 Å². The third-order valence-corrected chi connectivity index (χ3v) is 5.20. The van der Waals surface area contributed by atoms with Gasteiger partial charge in [0.15, 0.2) is 5.54 Å². The maximum atomic E-state index is 12.6. The molecule has 1 saturated heterocycles. The van der Waals surface area contributed by atoms with Crippen LogP contribution in [0.5, 0.6) is 0 Å². The third kappa shape index (κ3) is 3.29. The summed E-state index contributed by atoms with van der Waals surface area (Å²) in [6.45, 7) is 7.31. The van der Waals surface area contributed by atoms with E-state index >= 15 is 0 Å². The molecule has 3 rings (SSSR count). The molecule has 0 bridgehead atoms. The molecule has 0 aromatic carbocycles. The third-order valence-electron chi connectivity index (χ3n) is 5.20. The molecule has 3 aliphatic rings. The molecule has 2 fully saturated rings. The average Bonchev–Trinajstić information content (AvgIpc) is 3.04. The van der Waals surface area contributed by atoms with Crippen LogP contribution in [0.3, 0.4) is 0 Å². The van der Waals surface area contributed by atoms with Crippen molar-refractivity contribution in [2.75, 3.05) is 20.1 Å². The van der Waals surface area contributed by atoms with Gasteiger partial charge in [-0.25, -0.2) is 0 Å². The van der Waals surface area contributed by atoms with Crippen molar-refractivity contribution in [3.8, 4) is 0 Å². The maximum Gasteiger partial charge on any atom is 0.257 e. The van der Waals surface area contributed by atoms with Crippen LogP contribution in [0.2, 0.25) is 0 Å². The molecule has 5 heteroatoms. The molecule has 0 aromatic heterocycles. The van der Waals surface area contributed by atoms with E-state index in [0.717, 1.165) is 44.4 Å². The van der Waals surface area contributed by atoms with Crippen LogP contribution < -0.4 is 0 Å². The standard InChI is InChI=1S/C16H25N3O2.C2H6/c1-3-4-8-13-17-16(15(21)18(13)2)9-10-19(11-16)14(20)12-6-5-7-12;1-2/h12H,3-11H2,1-2H3;1-2H3. The number of unbranched alkanes of at least 4 members (excludes halogenated alkanes) is 1. The van der Waals surface area contributed by atoms with E-state index in [4.69, 9.17) is 4.99 Å². The van der Waals surface area contributed by atoms with Crippen LogP contribution in [0.1, 0.15) is 65.7 Å². The van der Waals surface area contributed by atoms with Crippen LogP contribution in [-0.4, -0.2) is 53.1 Å². The molecule has 1 saturated carbocycles. The Morgan fingerprint density at radius 2 is 2.04 bits per heavy atom. The topological polar surface area (TPSA) is 53.0 Å². The highest BCUT2D eigenvalue weighted by Crippen LogP contribution is 2.36. The fourth-order valence-electron chi connectivity index (χ4n) is 3.52. The van der Waals surface area contributed by atoms with E-state index in [-0.39, 0.29) is 17.7 Å². The number of nitrogens with zero attached hydrogens (tertiary/aromatic N) is 3. The van der Waals surface area contributed by atoms with Gasteiger partial charge < -0.3 is 9.80 Å². The summed E-state index contributed by atoms with van der Waals surface area (Å²) in [6, 6.07) is 0. The molecular weight excluding hydrogens is 290 g/mol. The van der Waals surface area contributed by atoms with Crippen molar-refractivity contribution in [2.24, 2.45) is 10.9 Å². The first-order valence-corrected chi connectivity index (χ1v) is 9.23. The summed E-state index contributed by atoms with van der Waals surface area (Å²) in [7, 11) is 1.82. The number of aliphatic imine (C=N–C) groups is 1. The highest BCUT2D eigenvalue weighted by atomic mass is 16.2. The molecule has 1 spiro atoms. The first-order valence-electron chi connectivity index (χ1n) is 9.23. The zero-order valence-corrected chi connectivity index (χ0v) is 15.1. The van der Waals surface area contributed by atoms with E-state index in [2.05, 4.69) is 6.92 Å². The van der Waals surface area contributed by atoms with Crippen LogP contribution in [0.25, 0.3) is 0 Å². The predicted octanol–water partition coefficient (Wildman–Crippen LogP) is 2.84. The number of amides is 2.